The molecule has 27 heavy (non-hydrogen) atoms. The van der Waals surface area contributed by atoms with Crippen molar-refractivity contribution in [3.05, 3.63) is 48.5 Å². The molecule has 0 saturated carbocycles. The molecule has 1 aliphatic heterocycles. The first-order valence-electron chi connectivity index (χ1n) is 8.23. The number of nitrogens with one attached hydrogen (secondary N) is 1. The van der Waals surface area contributed by atoms with Gasteiger partial charge in [-0.1, -0.05) is 0 Å². The van der Waals surface area contributed by atoms with Gasteiger partial charge in [0.25, 0.3) is 5.91 Å². The lowest BCUT2D eigenvalue weighted by molar-refractivity contribution is -0.129. The van der Waals surface area contributed by atoms with Gasteiger partial charge >= 0.3 is 6.03 Å². The molecule has 3 rings (SSSR count). The molecule has 0 unspecified atom stereocenters. The standard InChI is InChI=1S/C19H19N3O5/c1-21-12-18(24)22(19(21)25)11-17(23)20-13-3-5-15(6-4-13)27-16-9-7-14(26-2)8-10-16/h3-10H,11-12H2,1-2H3,(H,20,23). The number of urea groups is 1. The number of carbonyl (C=O) groups is 3. The summed E-state index contributed by atoms with van der Waals surface area (Å²) < 4.78 is 10.8. The average molecular weight is 369 g/mol. The molecule has 1 aliphatic rings. The Morgan fingerprint density at radius 2 is 1.56 bits per heavy atom. The van der Waals surface area contributed by atoms with Gasteiger partial charge in [0.05, 0.1) is 7.11 Å². The number of likely N-dealkylation sites (N-methyl/N-ethyl adjacent to an activating group) is 1. The second-order valence-corrected chi connectivity index (χ2v) is 5.97. The first-order chi connectivity index (χ1) is 13.0. The lowest BCUT2D eigenvalue weighted by atomic mass is 10.3. The van der Waals surface area contributed by atoms with E-state index in [1.54, 1.807) is 55.6 Å². The van der Waals surface area contributed by atoms with Crippen LogP contribution in [-0.2, 0) is 9.59 Å². The number of anilines is 1. The third-order valence-corrected chi connectivity index (χ3v) is 3.97. The molecule has 0 atom stereocenters. The molecular weight excluding hydrogens is 350 g/mol. The first kappa shape index (κ1) is 18.2. The molecule has 0 aliphatic carbocycles. The van der Waals surface area contributed by atoms with Gasteiger partial charge in [0.15, 0.2) is 0 Å². The summed E-state index contributed by atoms with van der Waals surface area (Å²) in [5.74, 6) is 1.16. The third kappa shape index (κ3) is 4.35. The van der Waals surface area contributed by atoms with E-state index < -0.39 is 11.9 Å². The van der Waals surface area contributed by atoms with E-state index in [4.69, 9.17) is 9.47 Å². The van der Waals surface area contributed by atoms with E-state index in [0.29, 0.717) is 17.2 Å². The van der Waals surface area contributed by atoms with Crippen LogP contribution >= 0.6 is 0 Å². The zero-order valence-corrected chi connectivity index (χ0v) is 15.0. The Morgan fingerprint density at radius 3 is 2.07 bits per heavy atom. The number of hydrogen-bond donors (Lipinski definition) is 1. The van der Waals surface area contributed by atoms with Crippen molar-refractivity contribution in [2.24, 2.45) is 0 Å². The van der Waals surface area contributed by atoms with Crippen molar-refractivity contribution in [2.75, 3.05) is 32.6 Å². The minimum absolute atomic E-state index is 0.0104. The molecule has 1 N–H and O–H groups in total. The van der Waals surface area contributed by atoms with E-state index in [2.05, 4.69) is 5.32 Å². The number of ether oxygens (including phenoxy) is 2. The van der Waals surface area contributed by atoms with E-state index in [9.17, 15) is 14.4 Å². The fourth-order valence-corrected chi connectivity index (χ4v) is 2.55. The molecule has 1 fully saturated rings. The number of imide groups is 1. The van der Waals surface area contributed by atoms with Crippen molar-refractivity contribution >= 4 is 23.5 Å². The summed E-state index contributed by atoms with van der Waals surface area (Å²) in [7, 11) is 3.11. The van der Waals surface area contributed by atoms with Crippen LogP contribution in [0.1, 0.15) is 0 Å². The van der Waals surface area contributed by atoms with Gasteiger partial charge in [-0.25, -0.2) is 4.79 Å². The molecule has 8 nitrogen and oxygen atoms in total. The number of nitrogens with zero attached hydrogens (tertiary/aromatic N) is 2. The highest BCUT2D eigenvalue weighted by molar-refractivity contribution is 6.06. The molecule has 0 bridgehead atoms. The van der Waals surface area contributed by atoms with Gasteiger partial charge in [0.1, 0.15) is 30.3 Å². The number of carbonyl (C=O) groups excluding carboxylic acids is 3. The van der Waals surface area contributed by atoms with Crippen molar-refractivity contribution in [1.29, 1.82) is 0 Å². The van der Waals surface area contributed by atoms with Gasteiger partial charge in [-0.15, -0.1) is 0 Å². The Hall–Kier alpha value is -3.55. The Labute approximate surface area is 156 Å². The number of methoxy groups -OCH3 is 1. The van der Waals surface area contributed by atoms with E-state index >= 15 is 0 Å². The van der Waals surface area contributed by atoms with Gasteiger partial charge in [-0.05, 0) is 48.5 Å². The highest BCUT2D eigenvalue weighted by Crippen LogP contribution is 2.25. The molecule has 8 heteroatoms. The Kier molecular flexibility index (Phi) is 5.25. The van der Waals surface area contributed by atoms with E-state index in [1.165, 1.54) is 11.9 Å². The van der Waals surface area contributed by atoms with Crippen molar-refractivity contribution in [3.63, 3.8) is 0 Å². The Bertz CT molecular complexity index is 849. The zero-order chi connectivity index (χ0) is 19.4. The summed E-state index contributed by atoms with van der Waals surface area (Å²) in [6, 6.07) is 13.5. The maximum absolute atomic E-state index is 12.1. The number of rotatable bonds is 6. The number of amides is 4. The van der Waals surface area contributed by atoms with Gasteiger partial charge in [-0.2, -0.15) is 0 Å². The Balaban J connectivity index is 1.56. The second-order valence-electron chi connectivity index (χ2n) is 5.97. The summed E-state index contributed by atoms with van der Waals surface area (Å²) in [6.07, 6.45) is 0. The molecule has 1 heterocycles. The van der Waals surface area contributed by atoms with Crippen LogP contribution in [0.25, 0.3) is 0 Å². The summed E-state index contributed by atoms with van der Waals surface area (Å²) in [5.41, 5.74) is 0.537. The van der Waals surface area contributed by atoms with Gasteiger partial charge in [0.2, 0.25) is 5.91 Å². The van der Waals surface area contributed by atoms with Crippen LogP contribution in [0.2, 0.25) is 0 Å². The lowest BCUT2D eigenvalue weighted by Gasteiger charge is -2.14. The van der Waals surface area contributed by atoms with Crippen LogP contribution in [0, 0.1) is 0 Å². The fraction of sp³-hybridized carbons (Fsp3) is 0.211. The van der Waals surface area contributed by atoms with Crippen molar-refractivity contribution < 1.29 is 23.9 Å². The molecule has 2 aromatic rings. The molecule has 0 aromatic heterocycles. The Morgan fingerprint density at radius 1 is 1.00 bits per heavy atom. The van der Waals surface area contributed by atoms with Crippen LogP contribution in [-0.4, -0.2) is 54.9 Å². The molecular formula is C19H19N3O5. The largest absolute Gasteiger partial charge is 0.497 e. The predicted molar refractivity (Wildman–Crippen MR) is 97.9 cm³/mol. The summed E-state index contributed by atoms with van der Waals surface area (Å²) in [5, 5.41) is 2.66. The molecule has 1 saturated heterocycles. The van der Waals surface area contributed by atoms with Crippen LogP contribution in [0.3, 0.4) is 0 Å². The van der Waals surface area contributed by atoms with Gasteiger partial charge in [0, 0.05) is 12.7 Å². The maximum atomic E-state index is 12.1. The topological polar surface area (TPSA) is 88.2 Å². The predicted octanol–water partition coefficient (Wildman–Crippen LogP) is 2.32. The molecule has 4 amide bonds. The molecule has 0 radical (unpaired) electrons. The van der Waals surface area contributed by atoms with E-state index in [0.717, 1.165) is 10.6 Å². The maximum Gasteiger partial charge on any atom is 0.327 e. The third-order valence-electron chi connectivity index (χ3n) is 3.97. The van der Waals surface area contributed by atoms with Crippen LogP contribution in [0.5, 0.6) is 17.2 Å². The zero-order valence-electron chi connectivity index (χ0n) is 15.0. The summed E-state index contributed by atoms with van der Waals surface area (Å²) in [6.45, 7) is -0.324. The van der Waals surface area contributed by atoms with Crippen molar-refractivity contribution in [3.8, 4) is 17.2 Å². The SMILES string of the molecule is COc1ccc(Oc2ccc(NC(=O)CN3C(=O)CN(C)C3=O)cc2)cc1. The van der Waals surface area contributed by atoms with Crippen molar-refractivity contribution in [1.82, 2.24) is 9.80 Å². The van der Waals surface area contributed by atoms with Gasteiger partial charge < -0.3 is 19.7 Å². The average Bonchev–Trinajstić information content (AvgIpc) is 2.90. The van der Waals surface area contributed by atoms with Crippen molar-refractivity contribution in [2.45, 2.75) is 0 Å². The smallest absolute Gasteiger partial charge is 0.327 e. The summed E-state index contributed by atoms with van der Waals surface area (Å²) in [4.78, 5) is 37.8. The minimum Gasteiger partial charge on any atom is -0.497 e. The monoisotopic (exact) mass is 369 g/mol. The second kappa shape index (κ2) is 7.77. The highest BCUT2D eigenvalue weighted by atomic mass is 16.5. The first-order valence-corrected chi connectivity index (χ1v) is 8.23. The number of benzene rings is 2. The van der Waals surface area contributed by atoms with E-state index in [1.807, 2.05) is 0 Å². The van der Waals surface area contributed by atoms with Crippen LogP contribution in [0.15, 0.2) is 48.5 Å². The normalized spacial score (nSPS) is 13.7. The van der Waals surface area contributed by atoms with Crippen LogP contribution in [0.4, 0.5) is 10.5 Å². The molecule has 0 spiro atoms. The lowest BCUT2D eigenvalue weighted by Crippen LogP contribution is -2.38. The van der Waals surface area contributed by atoms with Gasteiger partial charge in [-0.3, -0.25) is 14.5 Å². The molecule has 2 aromatic carbocycles. The summed E-state index contributed by atoms with van der Waals surface area (Å²) >= 11 is 0. The highest BCUT2D eigenvalue weighted by Gasteiger charge is 2.34. The molecule has 140 valence electrons. The quantitative estimate of drug-likeness (QED) is 0.790. The van der Waals surface area contributed by atoms with E-state index in [-0.39, 0.29) is 19.0 Å². The minimum atomic E-state index is -0.474. The number of hydrogen-bond acceptors (Lipinski definition) is 5. The fourth-order valence-electron chi connectivity index (χ4n) is 2.55. The van der Waals surface area contributed by atoms with Crippen LogP contribution < -0.4 is 14.8 Å².